The molecule has 6 heteroatoms. The van der Waals surface area contributed by atoms with Crippen molar-refractivity contribution in [3.8, 4) is 11.1 Å². The highest BCUT2D eigenvalue weighted by atomic mass is 16.2. The molecular formula is C23H21N5O. The standard InChI is InChI=1S/C23H21N5O/c1-15-12-16(6-9-24-15)17-4-3-5-19-18(17)7-11-28-22(19)13-21(25-14-23(28)29)20-8-10-27(2)26-20/h3-6,8-10,12-13H,7,11,14H2,1-2H3. The van der Waals surface area contributed by atoms with Gasteiger partial charge in [-0.05, 0) is 54.3 Å². The fourth-order valence-electron chi connectivity index (χ4n) is 4.10. The maximum atomic E-state index is 12.8. The molecule has 6 nitrogen and oxygen atoms in total. The average molecular weight is 383 g/mol. The quantitative estimate of drug-likeness (QED) is 0.683. The number of pyridine rings is 1. The van der Waals surface area contributed by atoms with Gasteiger partial charge in [0.15, 0.2) is 0 Å². The maximum absolute atomic E-state index is 12.8. The van der Waals surface area contributed by atoms with Crippen LogP contribution in [-0.2, 0) is 18.3 Å². The monoisotopic (exact) mass is 383 g/mol. The normalized spacial score (nSPS) is 15.9. The first kappa shape index (κ1) is 17.6. The summed E-state index contributed by atoms with van der Waals surface area (Å²) in [4.78, 5) is 23.5. The lowest BCUT2D eigenvalue weighted by atomic mass is 9.88. The molecule has 0 atom stereocenters. The Morgan fingerprint density at radius 1 is 1.10 bits per heavy atom. The molecule has 0 aliphatic carbocycles. The van der Waals surface area contributed by atoms with Gasteiger partial charge in [0.05, 0.1) is 11.4 Å². The van der Waals surface area contributed by atoms with Gasteiger partial charge >= 0.3 is 0 Å². The highest BCUT2D eigenvalue weighted by Crippen LogP contribution is 2.36. The van der Waals surface area contributed by atoms with Crippen molar-refractivity contribution in [3.05, 3.63) is 77.4 Å². The first-order valence-electron chi connectivity index (χ1n) is 9.72. The number of aryl methyl sites for hydroxylation is 2. The van der Waals surface area contributed by atoms with Crippen molar-refractivity contribution in [1.29, 1.82) is 0 Å². The van der Waals surface area contributed by atoms with E-state index in [2.05, 4.69) is 39.3 Å². The number of fused-ring (bicyclic) bond motifs is 3. The molecule has 29 heavy (non-hydrogen) atoms. The molecule has 0 unspecified atom stereocenters. The highest BCUT2D eigenvalue weighted by Gasteiger charge is 2.29. The number of hydrogen-bond donors (Lipinski definition) is 0. The molecule has 4 heterocycles. The summed E-state index contributed by atoms with van der Waals surface area (Å²) in [7, 11) is 1.88. The number of carbonyl (C=O) groups excluding carboxylic acids is 1. The molecular weight excluding hydrogens is 362 g/mol. The van der Waals surface area contributed by atoms with Crippen molar-refractivity contribution in [3.63, 3.8) is 0 Å². The first-order chi connectivity index (χ1) is 14.1. The molecule has 2 aliphatic heterocycles. The maximum Gasteiger partial charge on any atom is 0.248 e. The summed E-state index contributed by atoms with van der Waals surface area (Å²) in [5.41, 5.74) is 8.12. The van der Waals surface area contributed by atoms with Gasteiger partial charge in [-0.1, -0.05) is 18.2 Å². The van der Waals surface area contributed by atoms with E-state index in [0.29, 0.717) is 6.54 Å². The second-order valence-electron chi connectivity index (χ2n) is 7.42. The summed E-state index contributed by atoms with van der Waals surface area (Å²) in [6.45, 7) is 2.80. The van der Waals surface area contributed by atoms with E-state index in [1.54, 1.807) is 4.68 Å². The topological polar surface area (TPSA) is 63.4 Å². The molecule has 0 saturated heterocycles. The van der Waals surface area contributed by atoms with Crippen LogP contribution in [0, 0.1) is 6.92 Å². The molecule has 0 fully saturated rings. The predicted octanol–water partition coefficient (Wildman–Crippen LogP) is 3.02. The van der Waals surface area contributed by atoms with Gasteiger partial charge in [0.1, 0.15) is 12.2 Å². The summed E-state index contributed by atoms with van der Waals surface area (Å²) in [5.74, 6) is 0.0259. The van der Waals surface area contributed by atoms with Crippen molar-refractivity contribution < 1.29 is 4.79 Å². The molecule has 144 valence electrons. The minimum absolute atomic E-state index is 0.0259. The lowest BCUT2D eigenvalue weighted by Gasteiger charge is -2.32. The molecule has 2 aromatic heterocycles. The van der Waals surface area contributed by atoms with Crippen LogP contribution in [0.5, 0.6) is 0 Å². The van der Waals surface area contributed by atoms with Crippen LogP contribution < -0.4 is 0 Å². The SMILES string of the molecule is Cc1cc(-c2cccc3c2CCN2C(=O)CN=C(c4ccn(C)n4)C=C32)ccn1. The fourth-order valence-corrected chi connectivity index (χ4v) is 4.10. The van der Waals surface area contributed by atoms with E-state index in [1.807, 2.05) is 49.5 Å². The third-order valence-electron chi connectivity index (χ3n) is 5.47. The van der Waals surface area contributed by atoms with Gasteiger partial charge in [0.25, 0.3) is 0 Å². The third kappa shape index (κ3) is 3.06. The molecule has 3 aromatic rings. The van der Waals surface area contributed by atoms with E-state index in [9.17, 15) is 4.79 Å². The van der Waals surface area contributed by atoms with E-state index in [1.165, 1.54) is 11.1 Å². The van der Waals surface area contributed by atoms with E-state index >= 15 is 0 Å². The first-order valence-corrected chi connectivity index (χ1v) is 9.72. The van der Waals surface area contributed by atoms with Crippen LogP contribution in [0.3, 0.4) is 0 Å². The van der Waals surface area contributed by atoms with Gasteiger partial charge in [0, 0.05) is 37.2 Å². The molecule has 0 spiro atoms. The third-order valence-corrected chi connectivity index (χ3v) is 5.47. The minimum Gasteiger partial charge on any atom is -0.310 e. The zero-order valence-electron chi connectivity index (χ0n) is 16.5. The van der Waals surface area contributed by atoms with Gasteiger partial charge in [-0.3, -0.25) is 19.5 Å². The second-order valence-corrected chi connectivity index (χ2v) is 7.42. The Morgan fingerprint density at radius 2 is 1.97 bits per heavy atom. The average Bonchev–Trinajstić information content (AvgIpc) is 3.08. The van der Waals surface area contributed by atoms with Crippen LogP contribution in [0.25, 0.3) is 16.8 Å². The number of amides is 1. The van der Waals surface area contributed by atoms with E-state index in [4.69, 9.17) is 0 Å². The molecule has 0 radical (unpaired) electrons. The summed E-state index contributed by atoms with van der Waals surface area (Å²) >= 11 is 0. The zero-order chi connectivity index (χ0) is 20.0. The highest BCUT2D eigenvalue weighted by molar-refractivity contribution is 6.14. The molecule has 5 rings (SSSR count). The van der Waals surface area contributed by atoms with Crippen molar-refractivity contribution in [1.82, 2.24) is 19.7 Å². The summed E-state index contributed by atoms with van der Waals surface area (Å²) in [6, 6.07) is 12.4. The fraction of sp³-hybridized carbons (Fsp3) is 0.217. The Bertz CT molecular complexity index is 1190. The Labute approximate surface area is 169 Å². The molecule has 1 aromatic carbocycles. The number of benzene rings is 1. The van der Waals surface area contributed by atoms with E-state index in [-0.39, 0.29) is 12.5 Å². The number of rotatable bonds is 2. The number of nitrogens with zero attached hydrogens (tertiary/aromatic N) is 5. The zero-order valence-corrected chi connectivity index (χ0v) is 16.5. The molecule has 0 N–H and O–H groups in total. The Kier molecular flexibility index (Phi) is 4.12. The largest absolute Gasteiger partial charge is 0.310 e. The minimum atomic E-state index is 0.0259. The molecule has 2 aliphatic rings. The van der Waals surface area contributed by atoms with Crippen molar-refractivity contribution >= 4 is 17.3 Å². The lowest BCUT2D eigenvalue weighted by Crippen LogP contribution is -2.36. The predicted molar refractivity (Wildman–Crippen MR) is 112 cm³/mol. The van der Waals surface area contributed by atoms with Crippen LogP contribution in [0.4, 0.5) is 0 Å². The lowest BCUT2D eigenvalue weighted by molar-refractivity contribution is -0.126. The van der Waals surface area contributed by atoms with Crippen molar-refractivity contribution in [2.75, 3.05) is 13.1 Å². The van der Waals surface area contributed by atoms with Gasteiger partial charge in [0.2, 0.25) is 5.91 Å². The Morgan fingerprint density at radius 3 is 2.76 bits per heavy atom. The Balaban J connectivity index is 1.66. The number of allylic oxidation sites excluding steroid dienone is 1. The van der Waals surface area contributed by atoms with Crippen LogP contribution in [0.15, 0.2) is 59.9 Å². The number of carbonyl (C=O) groups is 1. The van der Waals surface area contributed by atoms with Gasteiger partial charge in [-0.2, -0.15) is 5.10 Å². The smallest absolute Gasteiger partial charge is 0.248 e. The summed E-state index contributed by atoms with van der Waals surface area (Å²) < 4.78 is 1.75. The summed E-state index contributed by atoms with van der Waals surface area (Å²) in [5, 5.41) is 4.47. The number of aliphatic imine (C=N–C) groups is 1. The molecule has 1 amide bonds. The van der Waals surface area contributed by atoms with Gasteiger partial charge in [-0.25, -0.2) is 0 Å². The van der Waals surface area contributed by atoms with Crippen LogP contribution in [0.1, 0.15) is 22.5 Å². The van der Waals surface area contributed by atoms with Gasteiger partial charge in [-0.15, -0.1) is 0 Å². The van der Waals surface area contributed by atoms with Crippen LogP contribution in [-0.4, -0.2) is 44.4 Å². The van der Waals surface area contributed by atoms with Crippen LogP contribution in [0.2, 0.25) is 0 Å². The van der Waals surface area contributed by atoms with Crippen LogP contribution >= 0.6 is 0 Å². The second kappa shape index (κ2) is 6.81. The molecule has 0 bridgehead atoms. The number of hydrogen-bond acceptors (Lipinski definition) is 4. The Hall–Kier alpha value is -3.54. The van der Waals surface area contributed by atoms with E-state index in [0.717, 1.165) is 40.3 Å². The summed E-state index contributed by atoms with van der Waals surface area (Å²) in [6.07, 6.45) is 6.56. The van der Waals surface area contributed by atoms with E-state index < -0.39 is 0 Å². The number of aromatic nitrogens is 3. The van der Waals surface area contributed by atoms with Crippen molar-refractivity contribution in [2.24, 2.45) is 12.0 Å². The van der Waals surface area contributed by atoms with Crippen molar-refractivity contribution in [2.45, 2.75) is 13.3 Å². The van der Waals surface area contributed by atoms with Gasteiger partial charge < -0.3 is 4.90 Å². The molecule has 0 saturated carbocycles.